The van der Waals surface area contributed by atoms with Crippen LogP contribution in [0.25, 0.3) is 0 Å². The van der Waals surface area contributed by atoms with Crippen molar-refractivity contribution >= 4 is 14.8 Å². The van der Waals surface area contributed by atoms with Crippen LogP contribution in [0.4, 0.5) is 0 Å². The largest absolute Gasteiger partial charge is 0.501 e. The second kappa shape index (κ2) is 9.56. The fourth-order valence-electron chi connectivity index (χ4n) is 2.09. The second-order valence-electron chi connectivity index (χ2n) is 6.31. The van der Waals surface area contributed by atoms with Gasteiger partial charge in [-0.1, -0.05) is 6.92 Å². The fourth-order valence-corrected chi connectivity index (χ4v) is 5.40. The number of carboxylic acids is 1. The first-order valence-corrected chi connectivity index (χ1v) is 9.77. The highest BCUT2D eigenvalue weighted by molar-refractivity contribution is 6.60. The van der Waals surface area contributed by atoms with Gasteiger partial charge >= 0.3 is 14.8 Å². The van der Waals surface area contributed by atoms with E-state index in [2.05, 4.69) is 0 Å². The Labute approximate surface area is 130 Å². The van der Waals surface area contributed by atoms with Gasteiger partial charge in [0.05, 0.1) is 5.92 Å². The van der Waals surface area contributed by atoms with E-state index in [9.17, 15) is 4.79 Å². The maximum atomic E-state index is 10.9. The van der Waals surface area contributed by atoms with Crippen molar-refractivity contribution in [2.24, 2.45) is 5.92 Å². The van der Waals surface area contributed by atoms with Crippen molar-refractivity contribution in [3.8, 4) is 0 Å². The molecule has 1 atom stereocenters. The van der Waals surface area contributed by atoms with E-state index >= 15 is 0 Å². The van der Waals surface area contributed by atoms with Gasteiger partial charge in [0.1, 0.15) is 0 Å². The molecule has 0 aromatic carbocycles. The summed E-state index contributed by atoms with van der Waals surface area (Å²) in [6.07, 6.45) is 1.39. The quantitative estimate of drug-likeness (QED) is 0.588. The predicted molar refractivity (Wildman–Crippen MR) is 85.3 cm³/mol. The molecule has 0 aliphatic carbocycles. The Morgan fingerprint density at radius 1 is 0.905 bits per heavy atom. The first kappa shape index (κ1) is 20.6. The lowest BCUT2D eigenvalue weighted by molar-refractivity contribution is -0.141. The second-order valence-corrected chi connectivity index (χ2v) is 8.89. The van der Waals surface area contributed by atoms with Gasteiger partial charge in [0.15, 0.2) is 0 Å². The molecule has 0 amide bonds. The van der Waals surface area contributed by atoms with Gasteiger partial charge in [0.25, 0.3) is 0 Å². The van der Waals surface area contributed by atoms with Crippen LogP contribution in [0.3, 0.4) is 0 Å². The highest BCUT2D eigenvalue weighted by Crippen LogP contribution is 2.25. The molecule has 0 spiro atoms. The molecule has 6 heteroatoms. The van der Waals surface area contributed by atoms with E-state index in [1.54, 1.807) is 6.92 Å². The van der Waals surface area contributed by atoms with Crippen molar-refractivity contribution in [1.29, 1.82) is 0 Å². The van der Waals surface area contributed by atoms with Gasteiger partial charge < -0.3 is 18.4 Å². The van der Waals surface area contributed by atoms with Crippen molar-refractivity contribution in [3.63, 3.8) is 0 Å². The van der Waals surface area contributed by atoms with Crippen LogP contribution in [0.2, 0.25) is 6.04 Å². The zero-order valence-electron chi connectivity index (χ0n) is 14.5. The molecule has 0 bridgehead atoms. The smallest absolute Gasteiger partial charge is 0.481 e. The Kier molecular flexibility index (Phi) is 9.36. The molecule has 0 aliphatic heterocycles. The van der Waals surface area contributed by atoms with Gasteiger partial charge in [-0.3, -0.25) is 4.79 Å². The lowest BCUT2D eigenvalue weighted by atomic mass is 10.1. The van der Waals surface area contributed by atoms with E-state index in [0.717, 1.165) is 6.42 Å². The fraction of sp³-hybridized carbons (Fsp3) is 0.933. The maximum Gasteiger partial charge on any atom is 0.501 e. The lowest BCUT2D eigenvalue weighted by Crippen LogP contribution is -2.50. The number of rotatable bonds is 11. The van der Waals surface area contributed by atoms with E-state index in [1.807, 2.05) is 41.5 Å². The van der Waals surface area contributed by atoms with Crippen molar-refractivity contribution < 1.29 is 23.2 Å². The third kappa shape index (κ3) is 9.24. The van der Waals surface area contributed by atoms with Gasteiger partial charge in [-0.2, -0.15) is 0 Å². The van der Waals surface area contributed by atoms with Crippen molar-refractivity contribution in [1.82, 2.24) is 0 Å². The van der Waals surface area contributed by atoms with Crippen LogP contribution in [0.15, 0.2) is 0 Å². The Bertz CT molecular complexity index is 278. The molecule has 1 unspecified atom stereocenters. The molecule has 5 nitrogen and oxygen atoms in total. The van der Waals surface area contributed by atoms with E-state index in [4.69, 9.17) is 18.4 Å². The molecule has 0 fully saturated rings. The molecule has 21 heavy (non-hydrogen) atoms. The molecule has 0 saturated carbocycles. The zero-order valence-corrected chi connectivity index (χ0v) is 15.5. The summed E-state index contributed by atoms with van der Waals surface area (Å²) in [5.41, 5.74) is 0. The molecular formula is C15H32O5Si. The van der Waals surface area contributed by atoms with Crippen molar-refractivity contribution in [2.75, 3.05) is 0 Å². The predicted octanol–water partition coefficient (Wildman–Crippen LogP) is 3.70. The van der Waals surface area contributed by atoms with Gasteiger partial charge in [-0.15, -0.1) is 0 Å². The average molecular weight is 321 g/mol. The summed E-state index contributed by atoms with van der Waals surface area (Å²) < 4.78 is 18.1. The van der Waals surface area contributed by atoms with Crippen molar-refractivity contribution in [3.05, 3.63) is 0 Å². The minimum absolute atomic E-state index is 0.0195. The minimum atomic E-state index is -2.78. The molecule has 0 aromatic heterocycles. The van der Waals surface area contributed by atoms with E-state index in [0.29, 0.717) is 12.5 Å². The molecule has 0 radical (unpaired) electrons. The molecule has 0 aromatic rings. The van der Waals surface area contributed by atoms with Gasteiger partial charge in [-0.05, 0) is 54.4 Å². The molecule has 1 N–H and O–H groups in total. The van der Waals surface area contributed by atoms with Crippen LogP contribution in [0.1, 0.15) is 61.3 Å². The Morgan fingerprint density at radius 2 is 1.29 bits per heavy atom. The molecule has 0 rings (SSSR count). The summed E-state index contributed by atoms with van der Waals surface area (Å²) in [5, 5.41) is 8.97. The lowest BCUT2D eigenvalue weighted by Gasteiger charge is -2.34. The van der Waals surface area contributed by atoms with Crippen LogP contribution < -0.4 is 0 Å². The SMILES string of the molecule is CC(C)O[Si](CCCC(C)C(=O)O)(OC(C)C)OC(C)C. The highest BCUT2D eigenvalue weighted by Gasteiger charge is 2.43. The standard InChI is InChI=1S/C15H32O5Si/c1-11(2)18-21(19-12(3)4,20-13(5)6)10-8-9-14(7)15(16)17/h11-14H,8-10H2,1-7H3,(H,16,17). The maximum absolute atomic E-state index is 10.9. The van der Waals surface area contributed by atoms with E-state index in [1.165, 1.54) is 0 Å². The third-order valence-electron chi connectivity index (χ3n) is 2.79. The molecular weight excluding hydrogens is 288 g/mol. The number of hydrogen-bond donors (Lipinski definition) is 1. The number of aliphatic carboxylic acids is 1. The van der Waals surface area contributed by atoms with Crippen molar-refractivity contribution in [2.45, 2.75) is 85.7 Å². The number of hydrogen-bond acceptors (Lipinski definition) is 4. The topological polar surface area (TPSA) is 65.0 Å². The monoisotopic (exact) mass is 320 g/mol. The average Bonchev–Trinajstić information content (AvgIpc) is 2.24. The zero-order chi connectivity index (χ0) is 16.6. The molecule has 0 saturated heterocycles. The van der Waals surface area contributed by atoms with Gasteiger partial charge in [0, 0.05) is 24.4 Å². The third-order valence-corrected chi connectivity index (χ3v) is 6.24. The summed E-state index contributed by atoms with van der Waals surface area (Å²) in [5.74, 6) is -1.12. The minimum Gasteiger partial charge on any atom is -0.481 e. The normalized spacial score (nSPS) is 14.2. The Morgan fingerprint density at radius 3 is 1.57 bits per heavy atom. The summed E-state index contributed by atoms with van der Waals surface area (Å²) in [6, 6.07) is 0.652. The highest BCUT2D eigenvalue weighted by atomic mass is 28.4. The van der Waals surface area contributed by atoms with Crippen LogP contribution in [-0.4, -0.2) is 38.2 Å². The van der Waals surface area contributed by atoms with Gasteiger partial charge in [-0.25, -0.2) is 0 Å². The Hall–Kier alpha value is -0.433. The van der Waals surface area contributed by atoms with E-state index in [-0.39, 0.29) is 24.2 Å². The molecule has 0 heterocycles. The molecule has 126 valence electrons. The number of carboxylic acid groups (broad SMARTS) is 1. The summed E-state index contributed by atoms with van der Waals surface area (Å²) in [4.78, 5) is 10.9. The van der Waals surface area contributed by atoms with Crippen LogP contribution in [0.5, 0.6) is 0 Å². The molecule has 0 aliphatic rings. The summed E-state index contributed by atoms with van der Waals surface area (Å²) in [7, 11) is -2.78. The first-order valence-electron chi connectivity index (χ1n) is 7.84. The van der Waals surface area contributed by atoms with Crippen LogP contribution >= 0.6 is 0 Å². The first-order chi connectivity index (χ1) is 9.58. The summed E-state index contributed by atoms with van der Waals surface area (Å²) in [6.45, 7) is 13.5. The van der Waals surface area contributed by atoms with Gasteiger partial charge in [0.2, 0.25) is 0 Å². The number of carbonyl (C=O) groups is 1. The van der Waals surface area contributed by atoms with Crippen LogP contribution in [0, 0.1) is 5.92 Å². The van der Waals surface area contributed by atoms with Crippen LogP contribution in [-0.2, 0) is 18.1 Å². The van der Waals surface area contributed by atoms with E-state index < -0.39 is 14.8 Å². The Balaban J connectivity index is 4.84. The summed E-state index contributed by atoms with van der Waals surface area (Å²) >= 11 is 0.